The number of hydrogen-bond acceptors (Lipinski definition) is 3. The van der Waals surface area contributed by atoms with Gasteiger partial charge in [-0.3, -0.25) is 14.7 Å². The van der Waals surface area contributed by atoms with Crippen molar-refractivity contribution in [3.8, 4) is 0 Å². The maximum Gasteiger partial charge on any atom is 0.250 e. The molecular weight excluding hydrogens is 304 g/mol. The summed E-state index contributed by atoms with van der Waals surface area (Å²) >= 11 is 0. The second-order valence-electron chi connectivity index (χ2n) is 6.70. The van der Waals surface area contributed by atoms with Crippen molar-refractivity contribution in [2.24, 2.45) is 0 Å². The Morgan fingerprint density at radius 2 is 2.08 bits per heavy atom. The first-order chi connectivity index (χ1) is 11.7. The lowest BCUT2D eigenvalue weighted by Gasteiger charge is -2.20. The van der Waals surface area contributed by atoms with Gasteiger partial charge in [0.15, 0.2) is 0 Å². The molecule has 1 fully saturated rings. The Morgan fingerprint density at radius 1 is 1.25 bits per heavy atom. The highest BCUT2D eigenvalue weighted by molar-refractivity contribution is 5.76. The summed E-state index contributed by atoms with van der Waals surface area (Å²) in [5.74, 6) is 0.758. The van der Waals surface area contributed by atoms with E-state index in [0.717, 1.165) is 25.9 Å². The standard InChI is InChI=1S/C18H22N4O2/c23-16-3-1-2-9-21(16)12-8-17(24)22-10-6-14-15(7-11-22)19-20-18(14)13-4-5-13/h1-3,9,13H,4-8,10-12H2,(H,19,20). The van der Waals surface area contributed by atoms with Crippen molar-refractivity contribution in [3.05, 3.63) is 51.7 Å². The molecule has 1 N–H and O–H groups in total. The number of aromatic amines is 1. The van der Waals surface area contributed by atoms with Gasteiger partial charge in [0, 0.05) is 56.4 Å². The highest BCUT2D eigenvalue weighted by Crippen LogP contribution is 2.41. The lowest BCUT2D eigenvalue weighted by molar-refractivity contribution is -0.131. The Bertz CT molecular complexity index is 803. The summed E-state index contributed by atoms with van der Waals surface area (Å²) in [7, 11) is 0. The van der Waals surface area contributed by atoms with Crippen LogP contribution in [-0.2, 0) is 24.2 Å². The summed E-state index contributed by atoms with van der Waals surface area (Å²) in [6.45, 7) is 1.91. The highest BCUT2D eigenvalue weighted by atomic mass is 16.2. The quantitative estimate of drug-likeness (QED) is 0.925. The third-order valence-electron chi connectivity index (χ3n) is 5.03. The summed E-state index contributed by atoms with van der Waals surface area (Å²) in [6, 6.07) is 5.06. The van der Waals surface area contributed by atoms with Crippen LogP contribution >= 0.6 is 0 Å². The second kappa shape index (κ2) is 6.26. The molecule has 6 heteroatoms. The first-order valence-electron chi connectivity index (χ1n) is 8.71. The number of aryl methyl sites for hydroxylation is 1. The van der Waals surface area contributed by atoms with Gasteiger partial charge in [0.05, 0.1) is 5.69 Å². The van der Waals surface area contributed by atoms with Gasteiger partial charge < -0.3 is 9.47 Å². The molecule has 0 radical (unpaired) electrons. The Kier molecular flexibility index (Phi) is 3.96. The number of aromatic nitrogens is 3. The van der Waals surface area contributed by atoms with Gasteiger partial charge in [-0.15, -0.1) is 0 Å². The Balaban J connectivity index is 1.38. The maximum absolute atomic E-state index is 12.5. The van der Waals surface area contributed by atoms with E-state index in [1.807, 2.05) is 11.0 Å². The minimum absolute atomic E-state index is 0.0590. The number of H-pyrrole nitrogens is 1. The second-order valence-corrected chi connectivity index (χ2v) is 6.70. The summed E-state index contributed by atoms with van der Waals surface area (Å²) in [5, 5.41) is 7.67. The van der Waals surface area contributed by atoms with E-state index in [4.69, 9.17) is 0 Å². The third-order valence-corrected chi connectivity index (χ3v) is 5.03. The van der Waals surface area contributed by atoms with Crippen molar-refractivity contribution < 1.29 is 4.79 Å². The van der Waals surface area contributed by atoms with Crippen LogP contribution in [0.25, 0.3) is 0 Å². The minimum Gasteiger partial charge on any atom is -0.342 e. The number of nitrogens with zero attached hydrogens (tertiary/aromatic N) is 3. The molecule has 0 saturated heterocycles. The van der Waals surface area contributed by atoms with Crippen LogP contribution in [0.5, 0.6) is 0 Å². The monoisotopic (exact) mass is 326 g/mol. The fourth-order valence-corrected chi connectivity index (χ4v) is 3.47. The molecule has 2 aromatic rings. The average molecular weight is 326 g/mol. The molecule has 0 unspecified atom stereocenters. The predicted molar refractivity (Wildman–Crippen MR) is 89.9 cm³/mol. The van der Waals surface area contributed by atoms with Gasteiger partial charge >= 0.3 is 0 Å². The summed E-state index contributed by atoms with van der Waals surface area (Å²) in [5.41, 5.74) is 3.71. The van der Waals surface area contributed by atoms with Gasteiger partial charge in [0.2, 0.25) is 5.91 Å². The molecule has 2 aromatic heterocycles. The van der Waals surface area contributed by atoms with E-state index in [1.54, 1.807) is 16.8 Å². The third kappa shape index (κ3) is 3.00. The molecule has 0 atom stereocenters. The van der Waals surface area contributed by atoms with E-state index in [9.17, 15) is 9.59 Å². The van der Waals surface area contributed by atoms with Crippen LogP contribution in [0.3, 0.4) is 0 Å². The molecule has 4 rings (SSSR count). The van der Waals surface area contributed by atoms with Gasteiger partial charge in [-0.1, -0.05) is 6.07 Å². The van der Waals surface area contributed by atoms with Gasteiger partial charge in [-0.25, -0.2) is 0 Å². The lowest BCUT2D eigenvalue weighted by Crippen LogP contribution is -2.34. The fourth-order valence-electron chi connectivity index (χ4n) is 3.47. The van der Waals surface area contributed by atoms with Crippen LogP contribution in [0.1, 0.15) is 42.1 Å². The first kappa shape index (κ1) is 15.2. The number of hydrogen-bond donors (Lipinski definition) is 1. The molecule has 126 valence electrons. The van der Waals surface area contributed by atoms with Crippen LogP contribution in [0, 0.1) is 0 Å². The van der Waals surface area contributed by atoms with E-state index < -0.39 is 0 Å². The first-order valence-corrected chi connectivity index (χ1v) is 8.71. The van der Waals surface area contributed by atoms with Crippen LogP contribution in [0.2, 0.25) is 0 Å². The van der Waals surface area contributed by atoms with Crippen LogP contribution in [0.15, 0.2) is 29.2 Å². The molecule has 3 heterocycles. The Hall–Kier alpha value is -2.37. The smallest absolute Gasteiger partial charge is 0.250 e. The lowest BCUT2D eigenvalue weighted by atomic mass is 10.1. The zero-order valence-electron chi connectivity index (χ0n) is 13.7. The number of carbonyl (C=O) groups excluding carboxylic acids is 1. The van der Waals surface area contributed by atoms with Gasteiger partial charge in [0.25, 0.3) is 5.56 Å². The van der Waals surface area contributed by atoms with E-state index in [1.165, 1.54) is 35.9 Å². The largest absolute Gasteiger partial charge is 0.342 e. The number of carbonyl (C=O) groups is 1. The van der Waals surface area contributed by atoms with Crippen LogP contribution < -0.4 is 5.56 Å². The van der Waals surface area contributed by atoms with Crippen LogP contribution in [0.4, 0.5) is 0 Å². The number of fused-ring (bicyclic) bond motifs is 1. The minimum atomic E-state index is -0.0590. The number of pyridine rings is 1. The molecule has 0 aromatic carbocycles. The Labute approximate surface area is 140 Å². The molecule has 2 aliphatic rings. The molecule has 0 spiro atoms. The van der Waals surface area contributed by atoms with E-state index in [-0.39, 0.29) is 11.5 Å². The molecule has 1 aliphatic heterocycles. The topological polar surface area (TPSA) is 71.0 Å². The summed E-state index contributed by atoms with van der Waals surface area (Å²) in [6.07, 6.45) is 6.31. The maximum atomic E-state index is 12.5. The van der Waals surface area contributed by atoms with Gasteiger partial charge in [-0.05, 0) is 30.9 Å². The highest BCUT2D eigenvalue weighted by Gasteiger charge is 2.31. The SMILES string of the molecule is O=C(CCn1ccccc1=O)N1CCc2[nH]nc(C3CC3)c2CC1. The zero-order chi connectivity index (χ0) is 16.5. The number of amides is 1. The van der Waals surface area contributed by atoms with E-state index in [0.29, 0.717) is 18.9 Å². The average Bonchev–Trinajstić information content (AvgIpc) is 3.39. The van der Waals surface area contributed by atoms with E-state index in [2.05, 4.69) is 10.2 Å². The molecule has 24 heavy (non-hydrogen) atoms. The van der Waals surface area contributed by atoms with Crippen molar-refractivity contribution in [1.29, 1.82) is 0 Å². The van der Waals surface area contributed by atoms with Crippen molar-refractivity contribution in [1.82, 2.24) is 19.7 Å². The van der Waals surface area contributed by atoms with Crippen molar-refractivity contribution in [2.45, 2.75) is 44.6 Å². The predicted octanol–water partition coefficient (Wildman–Crippen LogP) is 1.47. The van der Waals surface area contributed by atoms with Gasteiger partial charge in [-0.2, -0.15) is 5.10 Å². The molecule has 1 amide bonds. The Morgan fingerprint density at radius 3 is 2.88 bits per heavy atom. The molecule has 0 bridgehead atoms. The van der Waals surface area contributed by atoms with E-state index >= 15 is 0 Å². The van der Waals surface area contributed by atoms with Crippen molar-refractivity contribution >= 4 is 5.91 Å². The molecular formula is C18H22N4O2. The van der Waals surface area contributed by atoms with Gasteiger partial charge in [0.1, 0.15) is 0 Å². The van der Waals surface area contributed by atoms with Crippen molar-refractivity contribution in [2.75, 3.05) is 13.1 Å². The normalized spacial score (nSPS) is 17.4. The number of nitrogens with one attached hydrogen (secondary N) is 1. The summed E-state index contributed by atoms with van der Waals surface area (Å²) in [4.78, 5) is 26.2. The van der Waals surface area contributed by atoms with Crippen molar-refractivity contribution in [3.63, 3.8) is 0 Å². The number of rotatable bonds is 4. The molecule has 1 saturated carbocycles. The molecule has 6 nitrogen and oxygen atoms in total. The van der Waals surface area contributed by atoms with Crippen LogP contribution in [-0.4, -0.2) is 38.7 Å². The summed E-state index contributed by atoms with van der Waals surface area (Å²) < 4.78 is 1.59. The fraction of sp³-hybridized carbons (Fsp3) is 0.500. The molecule has 1 aliphatic carbocycles. The zero-order valence-corrected chi connectivity index (χ0v) is 13.7.